The molecule has 1 fully saturated rings. The normalized spacial score (nSPS) is 20.9. The van der Waals surface area contributed by atoms with Gasteiger partial charge in [0.25, 0.3) is 0 Å². The number of hydrogen-bond donors (Lipinski definition) is 1. The van der Waals surface area contributed by atoms with Gasteiger partial charge in [-0.2, -0.15) is 0 Å². The van der Waals surface area contributed by atoms with Gasteiger partial charge in [-0.1, -0.05) is 61.8 Å². The third-order valence-corrected chi connectivity index (χ3v) is 7.42. The summed E-state index contributed by atoms with van der Waals surface area (Å²) in [4.78, 5) is 4.66. The van der Waals surface area contributed by atoms with E-state index in [1.165, 1.54) is 19.3 Å². The molecule has 184 valence electrons. The third-order valence-electron chi connectivity index (χ3n) is 7.42. The second kappa shape index (κ2) is 11.4. The number of ether oxygens (including phenoxy) is 1. The van der Waals surface area contributed by atoms with Crippen LogP contribution in [0.5, 0.6) is 5.75 Å². The second-order valence-corrected chi connectivity index (χ2v) is 10.6. The number of aliphatic hydroxyl groups is 1. The van der Waals surface area contributed by atoms with Crippen molar-refractivity contribution in [1.82, 2.24) is 4.98 Å². The van der Waals surface area contributed by atoms with E-state index < -0.39 is 5.60 Å². The number of quaternary nitrogens is 1. The van der Waals surface area contributed by atoms with Crippen molar-refractivity contribution in [2.24, 2.45) is 11.8 Å². The summed E-state index contributed by atoms with van der Waals surface area (Å²) in [6.07, 6.45) is 18.8. The van der Waals surface area contributed by atoms with E-state index in [-0.39, 0.29) is 11.8 Å². The molecular formula is C29H41N2O3+. The summed E-state index contributed by atoms with van der Waals surface area (Å²) in [6.45, 7) is 2.51. The Kier molecular flexibility index (Phi) is 8.28. The van der Waals surface area contributed by atoms with Crippen LogP contribution in [-0.2, 0) is 12.1 Å². The molecule has 0 saturated heterocycles. The van der Waals surface area contributed by atoms with Crippen LogP contribution in [0.1, 0.15) is 63.0 Å². The fourth-order valence-corrected chi connectivity index (χ4v) is 5.50. The zero-order valence-electron chi connectivity index (χ0n) is 20.9. The van der Waals surface area contributed by atoms with E-state index >= 15 is 0 Å². The molecule has 1 saturated carbocycles. The first-order chi connectivity index (χ1) is 16.5. The number of oxazole rings is 1. The van der Waals surface area contributed by atoms with E-state index in [2.05, 4.69) is 37.3 Å². The van der Waals surface area contributed by atoms with Crippen LogP contribution in [0.15, 0.2) is 65.2 Å². The first kappa shape index (κ1) is 24.7. The fourth-order valence-electron chi connectivity index (χ4n) is 5.50. The summed E-state index contributed by atoms with van der Waals surface area (Å²) < 4.78 is 13.0. The monoisotopic (exact) mass is 465 g/mol. The van der Waals surface area contributed by atoms with Gasteiger partial charge in [0.2, 0.25) is 5.89 Å². The van der Waals surface area contributed by atoms with Crippen LogP contribution in [-0.4, -0.2) is 41.8 Å². The highest BCUT2D eigenvalue weighted by Crippen LogP contribution is 2.46. The lowest BCUT2D eigenvalue weighted by Crippen LogP contribution is -2.43. The zero-order chi connectivity index (χ0) is 23.9. The lowest BCUT2D eigenvalue weighted by atomic mass is 9.68. The molecule has 1 N–H and O–H groups in total. The molecule has 0 aliphatic heterocycles. The maximum atomic E-state index is 12.1. The summed E-state index contributed by atoms with van der Waals surface area (Å²) in [7, 11) is 4.45. The van der Waals surface area contributed by atoms with Crippen LogP contribution in [0, 0.1) is 11.8 Å². The molecule has 34 heavy (non-hydrogen) atoms. The zero-order valence-corrected chi connectivity index (χ0v) is 20.9. The van der Waals surface area contributed by atoms with Gasteiger partial charge in [0.1, 0.15) is 17.9 Å². The number of hydrogen-bond acceptors (Lipinski definition) is 4. The number of rotatable bonds is 11. The molecule has 4 rings (SSSR count). The predicted octanol–water partition coefficient (Wildman–Crippen LogP) is 6.01. The van der Waals surface area contributed by atoms with Crippen LogP contribution in [0.3, 0.4) is 0 Å². The second-order valence-electron chi connectivity index (χ2n) is 10.6. The minimum atomic E-state index is -1.04. The molecule has 2 aliphatic carbocycles. The molecule has 1 heterocycles. The van der Waals surface area contributed by atoms with Crippen molar-refractivity contribution in [2.75, 3.05) is 27.2 Å². The Morgan fingerprint density at radius 3 is 2.62 bits per heavy atom. The van der Waals surface area contributed by atoms with Crippen LogP contribution in [0.25, 0.3) is 0 Å². The van der Waals surface area contributed by atoms with Gasteiger partial charge in [0.15, 0.2) is 5.76 Å². The highest BCUT2D eigenvalue weighted by molar-refractivity contribution is 5.21. The molecule has 2 aromatic rings. The predicted molar refractivity (Wildman–Crippen MR) is 135 cm³/mol. The van der Waals surface area contributed by atoms with Crippen LogP contribution in [0.2, 0.25) is 0 Å². The van der Waals surface area contributed by atoms with E-state index in [4.69, 9.17) is 9.15 Å². The Morgan fingerprint density at radius 1 is 1.09 bits per heavy atom. The number of nitrogens with zero attached hydrogens (tertiary/aromatic N) is 2. The first-order valence-electron chi connectivity index (χ1n) is 13.0. The van der Waals surface area contributed by atoms with Crippen LogP contribution in [0.4, 0.5) is 0 Å². The van der Waals surface area contributed by atoms with Crippen molar-refractivity contribution in [3.63, 3.8) is 0 Å². The lowest BCUT2D eigenvalue weighted by Gasteiger charge is -2.41. The Morgan fingerprint density at radius 2 is 1.88 bits per heavy atom. The van der Waals surface area contributed by atoms with Crippen molar-refractivity contribution in [3.05, 3.63) is 72.5 Å². The van der Waals surface area contributed by atoms with Gasteiger partial charge >= 0.3 is 0 Å². The molecule has 5 nitrogen and oxygen atoms in total. The Labute approximate surface area is 204 Å². The fraction of sp³-hybridized carbons (Fsp3) is 0.552. The molecule has 0 radical (unpaired) electrons. The van der Waals surface area contributed by atoms with Crippen molar-refractivity contribution < 1.29 is 18.7 Å². The Bertz CT molecular complexity index is 943. The van der Waals surface area contributed by atoms with Gasteiger partial charge in [0.05, 0.1) is 33.4 Å². The molecular weight excluding hydrogens is 424 g/mol. The first-order valence-corrected chi connectivity index (χ1v) is 13.0. The number of para-hydroxylation sites is 1. The summed E-state index contributed by atoms with van der Waals surface area (Å²) >= 11 is 0. The van der Waals surface area contributed by atoms with Crippen molar-refractivity contribution in [3.8, 4) is 5.75 Å². The molecule has 2 aliphatic rings. The van der Waals surface area contributed by atoms with E-state index in [0.717, 1.165) is 67.8 Å². The maximum Gasteiger partial charge on any atom is 0.227 e. The Hall–Kier alpha value is -2.37. The average Bonchev–Trinajstić information content (AvgIpc) is 3.33. The highest BCUT2D eigenvalue weighted by atomic mass is 16.5. The number of benzene rings is 1. The summed E-state index contributed by atoms with van der Waals surface area (Å²) in [5.74, 6) is 2.50. The molecule has 1 unspecified atom stereocenters. The van der Waals surface area contributed by atoms with Gasteiger partial charge in [-0.25, -0.2) is 4.98 Å². The van der Waals surface area contributed by atoms with Gasteiger partial charge in [-0.15, -0.1) is 0 Å². The smallest absolute Gasteiger partial charge is 0.227 e. The molecule has 2 atom stereocenters. The average molecular weight is 466 g/mol. The molecule has 1 aromatic carbocycles. The minimum absolute atomic E-state index is 0.0132. The standard InChI is InChI=1S/C29H41N2O3/c1-31(2,20-12-13-21-33-26-18-10-5-11-19-26)23-27-22-30-28(34-27)29(32,24-14-6-3-7-15-24)25-16-8-4-9-17-25/h3,5-7,10-11,14,18-19,22,24-25,32H,4,8-9,12-13,15-17,20-21,23H2,1-2H3/q+1/t24?,29-/m0/s1. The molecule has 0 amide bonds. The van der Waals surface area contributed by atoms with Gasteiger partial charge < -0.3 is 18.7 Å². The summed E-state index contributed by atoms with van der Waals surface area (Å²) in [6, 6.07) is 9.99. The highest BCUT2D eigenvalue weighted by Gasteiger charge is 2.48. The largest absolute Gasteiger partial charge is 0.494 e. The van der Waals surface area contributed by atoms with E-state index in [1.54, 1.807) is 0 Å². The number of unbranched alkanes of at least 4 members (excludes halogenated alkanes) is 1. The van der Waals surface area contributed by atoms with Gasteiger partial charge in [0, 0.05) is 5.92 Å². The van der Waals surface area contributed by atoms with Crippen molar-refractivity contribution in [1.29, 1.82) is 0 Å². The SMILES string of the molecule is C[N+](C)(CCCCOc1ccccc1)Cc1cnc([C@](O)(C2C=CC=CC2)C2CCCCC2)o1. The topological polar surface area (TPSA) is 55.5 Å². The molecule has 0 spiro atoms. The quantitative estimate of drug-likeness (QED) is 0.326. The lowest BCUT2D eigenvalue weighted by molar-refractivity contribution is -0.904. The van der Waals surface area contributed by atoms with E-state index in [1.807, 2.05) is 42.6 Å². The van der Waals surface area contributed by atoms with Crippen molar-refractivity contribution in [2.45, 2.75) is 63.5 Å². The van der Waals surface area contributed by atoms with E-state index in [9.17, 15) is 5.11 Å². The summed E-state index contributed by atoms with van der Waals surface area (Å²) in [5, 5.41) is 12.1. The molecule has 1 aromatic heterocycles. The van der Waals surface area contributed by atoms with Crippen molar-refractivity contribution >= 4 is 0 Å². The van der Waals surface area contributed by atoms with E-state index in [0.29, 0.717) is 5.89 Å². The molecule has 0 bridgehead atoms. The van der Waals surface area contributed by atoms with Crippen LogP contribution >= 0.6 is 0 Å². The van der Waals surface area contributed by atoms with Gasteiger partial charge in [-0.3, -0.25) is 0 Å². The summed E-state index contributed by atoms with van der Waals surface area (Å²) in [5.41, 5.74) is -1.04. The number of aromatic nitrogens is 1. The molecule has 5 heteroatoms. The Balaban J connectivity index is 1.35. The van der Waals surface area contributed by atoms with Gasteiger partial charge in [-0.05, 0) is 50.2 Å². The third kappa shape index (κ3) is 6.19. The number of allylic oxidation sites excluding steroid dienone is 3. The maximum absolute atomic E-state index is 12.1. The minimum Gasteiger partial charge on any atom is -0.494 e. The van der Waals surface area contributed by atoms with Crippen LogP contribution < -0.4 is 4.74 Å².